The van der Waals surface area contributed by atoms with Gasteiger partial charge in [-0.25, -0.2) is 0 Å². The Bertz CT molecular complexity index is 784. The highest BCUT2D eigenvalue weighted by Gasteiger charge is 2.01. The van der Waals surface area contributed by atoms with Gasteiger partial charge in [0.25, 0.3) is 0 Å². The topological polar surface area (TPSA) is 32.9 Å². The molecule has 0 unspecified atom stereocenters. The van der Waals surface area contributed by atoms with Crippen molar-refractivity contribution in [2.24, 2.45) is 0 Å². The highest BCUT2D eigenvalue weighted by atomic mass is 79.9. The van der Waals surface area contributed by atoms with Gasteiger partial charge in [-0.2, -0.15) is 0 Å². The number of carbonyl (C=O) groups excluding carboxylic acids is 1. The van der Waals surface area contributed by atoms with E-state index >= 15 is 0 Å². The maximum absolute atomic E-state index is 12.0. The number of carbonyl (C=O) groups is 1. The fourth-order valence-electron chi connectivity index (χ4n) is 2.06. The van der Waals surface area contributed by atoms with Crippen LogP contribution in [0, 0.1) is 0 Å². The van der Waals surface area contributed by atoms with Crippen molar-refractivity contribution in [3.63, 3.8) is 0 Å². The zero-order valence-electron chi connectivity index (χ0n) is 10.6. The van der Waals surface area contributed by atoms with Gasteiger partial charge < -0.3 is 4.98 Å². The summed E-state index contributed by atoms with van der Waals surface area (Å²) in [5.74, 6) is 0.00617. The molecular formula is C17H12BrNO. The number of benzene rings is 2. The van der Waals surface area contributed by atoms with Crippen molar-refractivity contribution in [2.45, 2.75) is 0 Å². The van der Waals surface area contributed by atoms with E-state index in [-0.39, 0.29) is 5.78 Å². The van der Waals surface area contributed by atoms with E-state index in [9.17, 15) is 4.79 Å². The van der Waals surface area contributed by atoms with Crippen molar-refractivity contribution in [1.82, 2.24) is 4.98 Å². The number of hydrogen-bond acceptors (Lipinski definition) is 1. The Balaban J connectivity index is 1.82. The molecule has 1 aromatic heterocycles. The predicted molar refractivity (Wildman–Crippen MR) is 85.8 cm³/mol. The summed E-state index contributed by atoms with van der Waals surface area (Å²) in [5.41, 5.74) is 2.80. The van der Waals surface area contributed by atoms with Crippen LogP contribution in [0.25, 0.3) is 17.0 Å². The van der Waals surface area contributed by atoms with Gasteiger partial charge in [-0.3, -0.25) is 4.79 Å². The van der Waals surface area contributed by atoms with E-state index in [4.69, 9.17) is 0 Å². The van der Waals surface area contributed by atoms with Crippen LogP contribution in [0.5, 0.6) is 0 Å². The van der Waals surface area contributed by atoms with Crippen molar-refractivity contribution in [2.75, 3.05) is 0 Å². The molecule has 0 bridgehead atoms. The lowest BCUT2D eigenvalue weighted by Crippen LogP contribution is -1.93. The first-order chi connectivity index (χ1) is 9.72. The van der Waals surface area contributed by atoms with Crippen molar-refractivity contribution in [3.8, 4) is 0 Å². The summed E-state index contributed by atoms with van der Waals surface area (Å²) in [6, 6.07) is 15.4. The Morgan fingerprint density at radius 1 is 1.05 bits per heavy atom. The number of nitrogens with one attached hydrogen (secondary N) is 1. The van der Waals surface area contributed by atoms with Crippen LogP contribution in [0.1, 0.15) is 15.9 Å². The molecular weight excluding hydrogens is 314 g/mol. The van der Waals surface area contributed by atoms with Gasteiger partial charge in [-0.15, -0.1) is 0 Å². The molecule has 20 heavy (non-hydrogen) atoms. The van der Waals surface area contributed by atoms with Gasteiger partial charge in [0.2, 0.25) is 0 Å². The van der Waals surface area contributed by atoms with Crippen molar-refractivity contribution in [3.05, 3.63) is 76.4 Å². The van der Waals surface area contributed by atoms with Crippen molar-refractivity contribution in [1.29, 1.82) is 0 Å². The summed E-state index contributed by atoms with van der Waals surface area (Å²) in [6.07, 6.45) is 5.36. The summed E-state index contributed by atoms with van der Waals surface area (Å²) in [4.78, 5) is 15.2. The molecule has 3 rings (SSSR count). The molecule has 2 aromatic carbocycles. The highest BCUT2D eigenvalue weighted by Crippen LogP contribution is 2.16. The van der Waals surface area contributed by atoms with E-state index in [1.807, 2.05) is 54.7 Å². The molecule has 0 fully saturated rings. The Morgan fingerprint density at radius 2 is 1.85 bits per heavy atom. The van der Waals surface area contributed by atoms with Crippen LogP contribution in [0.4, 0.5) is 0 Å². The Labute approximate surface area is 125 Å². The summed E-state index contributed by atoms with van der Waals surface area (Å²) >= 11 is 3.36. The van der Waals surface area contributed by atoms with E-state index in [0.717, 1.165) is 20.9 Å². The molecule has 0 saturated heterocycles. The Morgan fingerprint density at radius 3 is 2.65 bits per heavy atom. The van der Waals surface area contributed by atoms with E-state index < -0.39 is 0 Å². The number of allylic oxidation sites excluding steroid dienone is 1. The number of aromatic amines is 1. The number of hydrogen-bond donors (Lipinski definition) is 1. The summed E-state index contributed by atoms with van der Waals surface area (Å²) in [5, 5.41) is 1.14. The molecule has 0 saturated carbocycles. The number of H-pyrrole nitrogens is 1. The highest BCUT2D eigenvalue weighted by molar-refractivity contribution is 9.10. The molecule has 0 radical (unpaired) electrons. The maximum atomic E-state index is 12.0. The monoisotopic (exact) mass is 325 g/mol. The minimum Gasteiger partial charge on any atom is -0.361 e. The van der Waals surface area contributed by atoms with Crippen LogP contribution in [-0.2, 0) is 0 Å². The fourth-order valence-corrected chi connectivity index (χ4v) is 2.32. The average molecular weight is 326 g/mol. The molecule has 0 spiro atoms. The number of rotatable bonds is 3. The third-order valence-corrected chi connectivity index (χ3v) is 3.66. The van der Waals surface area contributed by atoms with Crippen molar-refractivity contribution < 1.29 is 4.79 Å². The molecule has 2 nitrogen and oxygen atoms in total. The van der Waals surface area contributed by atoms with Crippen LogP contribution in [-0.4, -0.2) is 10.8 Å². The molecule has 98 valence electrons. The number of ketones is 1. The van der Waals surface area contributed by atoms with Gasteiger partial charge in [0.1, 0.15) is 0 Å². The zero-order chi connectivity index (χ0) is 13.9. The molecule has 0 amide bonds. The molecule has 0 aliphatic carbocycles. The Hall–Kier alpha value is -2.13. The summed E-state index contributed by atoms with van der Waals surface area (Å²) in [7, 11) is 0. The second-order valence-corrected chi connectivity index (χ2v) is 5.44. The minimum atomic E-state index is 0.00617. The zero-order valence-corrected chi connectivity index (χ0v) is 12.2. The summed E-state index contributed by atoms with van der Waals surface area (Å²) in [6.45, 7) is 0. The van der Waals surface area contributed by atoms with Gasteiger partial charge in [0, 0.05) is 21.7 Å². The van der Waals surface area contributed by atoms with E-state index in [0.29, 0.717) is 5.56 Å². The van der Waals surface area contributed by atoms with Gasteiger partial charge in [0.15, 0.2) is 5.78 Å². The SMILES string of the molecule is O=C(/C=C/c1ccc2[nH]ccc2c1)c1ccc(Br)cc1. The van der Waals surface area contributed by atoms with Crippen LogP contribution in [0.2, 0.25) is 0 Å². The van der Waals surface area contributed by atoms with E-state index in [2.05, 4.69) is 27.0 Å². The molecule has 0 aliphatic rings. The molecule has 3 aromatic rings. The quantitative estimate of drug-likeness (QED) is 0.543. The molecule has 1 heterocycles. The van der Waals surface area contributed by atoms with E-state index in [1.165, 1.54) is 0 Å². The van der Waals surface area contributed by atoms with Crippen LogP contribution >= 0.6 is 15.9 Å². The van der Waals surface area contributed by atoms with Crippen LogP contribution in [0.15, 0.2) is 65.3 Å². The maximum Gasteiger partial charge on any atom is 0.185 e. The number of fused-ring (bicyclic) bond motifs is 1. The van der Waals surface area contributed by atoms with Gasteiger partial charge in [0.05, 0.1) is 0 Å². The van der Waals surface area contributed by atoms with Gasteiger partial charge in [-0.1, -0.05) is 28.1 Å². The normalized spacial score (nSPS) is 11.2. The van der Waals surface area contributed by atoms with Crippen LogP contribution < -0.4 is 0 Å². The third kappa shape index (κ3) is 2.73. The minimum absolute atomic E-state index is 0.00617. The lowest BCUT2D eigenvalue weighted by atomic mass is 10.1. The van der Waals surface area contributed by atoms with E-state index in [1.54, 1.807) is 6.08 Å². The molecule has 0 atom stereocenters. The van der Waals surface area contributed by atoms with Crippen LogP contribution in [0.3, 0.4) is 0 Å². The Kier molecular flexibility index (Phi) is 3.52. The first kappa shape index (κ1) is 12.9. The van der Waals surface area contributed by atoms with Gasteiger partial charge in [-0.05, 0) is 59.5 Å². The number of halogens is 1. The fraction of sp³-hybridized carbons (Fsp3) is 0. The second kappa shape index (κ2) is 5.47. The number of aromatic nitrogens is 1. The lowest BCUT2D eigenvalue weighted by Gasteiger charge is -1.97. The largest absolute Gasteiger partial charge is 0.361 e. The first-order valence-corrected chi connectivity index (χ1v) is 7.07. The molecule has 0 aliphatic heterocycles. The third-order valence-electron chi connectivity index (χ3n) is 3.13. The smallest absolute Gasteiger partial charge is 0.185 e. The average Bonchev–Trinajstić information content (AvgIpc) is 2.93. The predicted octanol–water partition coefficient (Wildman–Crippen LogP) is 4.83. The second-order valence-electron chi connectivity index (χ2n) is 4.53. The lowest BCUT2D eigenvalue weighted by molar-refractivity contribution is 0.104. The molecule has 3 heteroatoms. The molecule has 1 N–H and O–H groups in total. The van der Waals surface area contributed by atoms with Crippen molar-refractivity contribution >= 4 is 38.7 Å². The standard InChI is InChI=1S/C17H12BrNO/c18-15-5-3-13(4-6-15)17(20)8-2-12-1-7-16-14(11-12)9-10-19-16/h1-11,19H/b8-2+. The van der Waals surface area contributed by atoms with Gasteiger partial charge >= 0.3 is 0 Å². The summed E-state index contributed by atoms with van der Waals surface area (Å²) < 4.78 is 0.968. The first-order valence-electron chi connectivity index (χ1n) is 6.27.